The van der Waals surface area contributed by atoms with E-state index in [4.69, 9.17) is 11.6 Å². The number of hydrogen-bond donors (Lipinski definition) is 2. The number of carbonyl (C=O) groups excluding carboxylic acids is 2. The summed E-state index contributed by atoms with van der Waals surface area (Å²) >= 11 is 5.95. The summed E-state index contributed by atoms with van der Waals surface area (Å²) in [5, 5.41) is 5.69. The van der Waals surface area contributed by atoms with Crippen molar-refractivity contribution in [3.63, 3.8) is 0 Å². The van der Waals surface area contributed by atoms with Crippen LogP contribution in [0.4, 0.5) is 15.8 Å². The fourth-order valence-corrected chi connectivity index (χ4v) is 3.35. The first kappa shape index (κ1) is 20.0. The molecule has 1 aromatic heterocycles. The zero-order chi connectivity index (χ0) is 21.1. The molecule has 152 valence electrons. The lowest BCUT2D eigenvalue weighted by molar-refractivity contribution is -0.122. The lowest BCUT2D eigenvalue weighted by Gasteiger charge is -2.23. The van der Waals surface area contributed by atoms with Crippen molar-refractivity contribution in [1.29, 1.82) is 0 Å². The van der Waals surface area contributed by atoms with E-state index >= 15 is 0 Å². The van der Waals surface area contributed by atoms with E-state index in [9.17, 15) is 14.0 Å². The molecule has 0 radical (unpaired) electrons. The van der Waals surface area contributed by atoms with Crippen LogP contribution in [0.5, 0.6) is 0 Å². The molecule has 0 saturated heterocycles. The smallest absolute Gasteiger partial charge is 0.255 e. The van der Waals surface area contributed by atoms with Crippen molar-refractivity contribution in [3.05, 3.63) is 77.2 Å². The van der Waals surface area contributed by atoms with Crippen LogP contribution in [0.3, 0.4) is 0 Å². The second-order valence-electron chi connectivity index (χ2n) is 7.20. The summed E-state index contributed by atoms with van der Waals surface area (Å²) in [6.07, 6.45) is 4.64. The number of benzene rings is 2. The summed E-state index contributed by atoms with van der Waals surface area (Å²) in [7, 11) is 0. The van der Waals surface area contributed by atoms with Gasteiger partial charge < -0.3 is 10.6 Å². The van der Waals surface area contributed by atoms with Gasteiger partial charge in [0.2, 0.25) is 5.91 Å². The molecule has 0 spiro atoms. The van der Waals surface area contributed by atoms with Gasteiger partial charge in [0.1, 0.15) is 5.82 Å². The fraction of sp³-hybridized carbons (Fsp3) is 0.174. The molecule has 3 aromatic rings. The predicted molar refractivity (Wildman–Crippen MR) is 115 cm³/mol. The molecule has 30 heavy (non-hydrogen) atoms. The number of aromatic nitrogens is 1. The first-order chi connectivity index (χ1) is 14.5. The zero-order valence-electron chi connectivity index (χ0n) is 16.0. The Hall–Kier alpha value is -3.25. The monoisotopic (exact) mass is 423 g/mol. The highest BCUT2D eigenvalue weighted by Crippen LogP contribution is 2.28. The van der Waals surface area contributed by atoms with E-state index in [2.05, 4.69) is 15.6 Å². The van der Waals surface area contributed by atoms with Gasteiger partial charge in [-0.1, -0.05) is 30.2 Å². The number of anilines is 2. The SMILES string of the molecule is O=C(Nc1ccc(F)cc1Cl)c1ccc(-c2ccc(NC(=O)C3CCC3)cn2)cc1. The molecule has 0 aliphatic heterocycles. The van der Waals surface area contributed by atoms with Gasteiger partial charge in [0.25, 0.3) is 5.91 Å². The Bertz CT molecular complexity index is 1080. The highest BCUT2D eigenvalue weighted by Gasteiger charge is 2.25. The van der Waals surface area contributed by atoms with Crippen molar-refractivity contribution < 1.29 is 14.0 Å². The molecular formula is C23H19ClFN3O2. The van der Waals surface area contributed by atoms with Crippen LogP contribution < -0.4 is 10.6 Å². The van der Waals surface area contributed by atoms with Crippen LogP contribution in [0.1, 0.15) is 29.6 Å². The first-order valence-corrected chi connectivity index (χ1v) is 10.0. The molecule has 1 aliphatic carbocycles. The Labute approximate surface area is 178 Å². The summed E-state index contributed by atoms with van der Waals surface area (Å²) in [4.78, 5) is 28.8. The maximum absolute atomic E-state index is 13.1. The third kappa shape index (κ3) is 4.49. The van der Waals surface area contributed by atoms with Gasteiger partial charge in [-0.15, -0.1) is 0 Å². The molecule has 0 unspecified atom stereocenters. The van der Waals surface area contributed by atoms with Crippen molar-refractivity contribution in [2.75, 3.05) is 10.6 Å². The third-order valence-electron chi connectivity index (χ3n) is 5.13. The normalized spacial score (nSPS) is 13.4. The van der Waals surface area contributed by atoms with Gasteiger partial charge in [0.05, 0.1) is 28.3 Å². The zero-order valence-corrected chi connectivity index (χ0v) is 16.7. The summed E-state index contributed by atoms with van der Waals surface area (Å²) < 4.78 is 13.1. The lowest BCUT2D eigenvalue weighted by atomic mass is 9.85. The predicted octanol–water partition coefficient (Wildman–Crippen LogP) is 5.53. The molecule has 5 nitrogen and oxygen atoms in total. The van der Waals surface area contributed by atoms with Crippen LogP contribution in [-0.4, -0.2) is 16.8 Å². The quantitative estimate of drug-likeness (QED) is 0.566. The van der Waals surface area contributed by atoms with Crippen molar-refractivity contribution in [2.45, 2.75) is 19.3 Å². The van der Waals surface area contributed by atoms with Gasteiger partial charge in [-0.2, -0.15) is 0 Å². The van der Waals surface area contributed by atoms with Crippen molar-refractivity contribution in [1.82, 2.24) is 4.98 Å². The Morgan fingerprint density at radius 3 is 2.37 bits per heavy atom. The topological polar surface area (TPSA) is 71.1 Å². The molecular weight excluding hydrogens is 405 g/mol. The Morgan fingerprint density at radius 1 is 1.00 bits per heavy atom. The number of amides is 2. The number of halogens is 2. The molecule has 1 fully saturated rings. The minimum Gasteiger partial charge on any atom is -0.324 e. The maximum Gasteiger partial charge on any atom is 0.255 e. The van der Waals surface area contributed by atoms with Crippen molar-refractivity contribution in [3.8, 4) is 11.3 Å². The van der Waals surface area contributed by atoms with Crippen LogP contribution in [-0.2, 0) is 4.79 Å². The number of nitrogens with zero attached hydrogens (tertiary/aromatic N) is 1. The molecule has 1 heterocycles. The lowest BCUT2D eigenvalue weighted by Crippen LogP contribution is -2.28. The van der Waals surface area contributed by atoms with Gasteiger partial charge in [0.15, 0.2) is 0 Å². The van der Waals surface area contributed by atoms with Gasteiger partial charge in [-0.05, 0) is 55.3 Å². The van der Waals surface area contributed by atoms with E-state index in [1.54, 1.807) is 30.5 Å². The van der Waals surface area contributed by atoms with Crippen molar-refractivity contribution in [2.24, 2.45) is 5.92 Å². The molecule has 2 amide bonds. The average Bonchev–Trinajstić information content (AvgIpc) is 2.69. The van der Waals surface area contributed by atoms with E-state index in [1.807, 2.05) is 12.1 Å². The Morgan fingerprint density at radius 2 is 1.77 bits per heavy atom. The molecule has 2 N–H and O–H groups in total. The number of nitrogens with one attached hydrogen (secondary N) is 2. The molecule has 4 rings (SSSR count). The molecule has 2 aromatic carbocycles. The highest BCUT2D eigenvalue weighted by atomic mass is 35.5. The number of carbonyl (C=O) groups is 2. The van der Waals surface area contributed by atoms with E-state index in [-0.39, 0.29) is 22.8 Å². The van der Waals surface area contributed by atoms with E-state index in [0.717, 1.165) is 36.6 Å². The standard InChI is InChI=1S/C23H19ClFN3O2/c24-19-12-17(25)8-10-21(19)28-23(30)16-6-4-14(5-7-16)20-11-9-18(13-26-20)27-22(29)15-2-1-3-15/h4-13,15H,1-3H2,(H,27,29)(H,28,30). The molecule has 0 atom stereocenters. The largest absolute Gasteiger partial charge is 0.324 e. The summed E-state index contributed by atoms with van der Waals surface area (Å²) in [6.45, 7) is 0. The van der Waals surface area contributed by atoms with Crippen LogP contribution >= 0.6 is 11.6 Å². The van der Waals surface area contributed by atoms with E-state index in [1.165, 1.54) is 12.1 Å². The molecule has 1 aliphatic rings. The van der Waals surface area contributed by atoms with Crippen LogP contribution in [0.2, 0.25) is 5.02 Å². The van der Waals surface area contributed by atoms with Crippen LogP contribution in [0, 0.1) is 11.7 Å². The Kier molecular flexibility index (Phi) is 5.77. The second-order valence-corrected chi connectivity index (χ2v) is 7.61. The number of hydrogen-bond acceptors (Lipinski definition) is 3. The van der Waals surface area contributed by atoms with Gasteiger partial charge >= 0.3 is 0 Å². The van der Waals surface area contributed by atoms with Crippen LogP contribution in [0.25, 0.3) is 11.3 Å². The molecule has 7 heteroatoms. The highest BCUT2D eigenvalue weighted by molar-refractivity contribution is 6.33. The fourth-order valence-electron chi connectivity index (χ4n) is 3.13. The van der Waals surface area contributed by atoms with Gasteiger partial charge in [0, 0.05) is 17.0 Å². The summed E-state index contributed by atoms with van der Waals surface area (Å²) in [6, 6.07) is 14.4. The minimum atomic E-state index is -0.469. The van der Waals surface area contributed by atoms with E-state index < -0.39 is 5.82 Å². The molecule has 1 saturated carbocycles. The summed E-state index contributed by atoms with van der Waals surface area (Å²) in [5.74, 6) is -0.652. The molecule has 0 bridgehead atoms. The number of pyridine rings is 1. The van der Waals surface area contributed by atoms with Gasteiger partial charge in [-0.3, -0.25) is 14.6 Å². The van der Waals surface area contributed by atoms with Crippen molar-refractivity contribution >= 4 is 34.8 Å². The van der Waals surface area contributed by atoms with Crippen LogP contribution in [0.15, 0.2) is 60.8 Å². The number of rotatable bonds is 5. The van der Waals surface area contributed by atoms with Gasteiger partial charge in [-0.25, -0.2) is 4.39 Å². The first-order valence-electron chi connectivity index (χ1n) is 9.63. The Balaban J connectivity index is 1.41. The van der Waals surface area contributed by atoms with E-state index in [0.29, 0.717) is 16.9 Å². The summed E-state index contributed by atoms with van der Waals surface area (Å²) in [5.41, 5.74) is 3.01. The average molecular weight is 424 g/mol. The maximum atomic E-state index is 13.1. The second kappa shape index (κ2) is 8.63. The third-order valence-corrected chi connectivity index (χ3v) is 5.44. The minimum absolute atomic E-state index is 0.0485.